The van der Waals surface area contributed by atoms with E-state index in [-0.39, 0.29) is 5.02 Å². The van der Waals surface area contributed by atoms with Gasteiger partial charge in [-0.05, 0) is 34.1 Å². The first-order valence-electron chi connectivity index (χ1n) is 4.87. The Kier molecular flexibility index (Phi) is 3.80. The third kappa shape index (κ3) is 2.61. The molecule has 0 fully saturated rings. The molecule has 1 aromatic carbocycles. The molecular weight excluding hydrogens is 321 g/mol. The van der Waals surface area contributed by atoms with E-state index in [2.05, 4.69) is 26.2 Å². The Morgan fingerprint density at radius 3 is 2.83 bits per heavy atom. The topological polar surface area (TPSA) is 48.7 Å². The average Bonchev–Trinajstić information content (AvgIpc) is 2.36. The molecular formula is C12H6BrClFN3. The lowest BCUT2D eigenvalue weighted by atomic mass is 10.2. The van der Waals surface area contributed by atoms with Crippen LogP contribution in [-0.2, 0) is 0 Å². The molecule has 0 unspecified atom stereocenters. The van der Waals surface area contributed by atoms with Gasteiger partial charge in [0.05, 0.1) is 20.7 Å². The van der Waals surface area contributed by atoms with E-state index in [1.807, 2.05) is 6.07 Å². The van der Waals surface area contributed by atoms with Crippen molar-refractivity contribution in [3.05, 3.63) is 51.5 Å². The van der Waals surface area contributed by atoms with Crippen molar-refractivity contribution in [1.29, 1.82) is 5.26 Å². The third-order valence-electron chi connectivity index (χ3n) is 2.21. The maximum atomic E-state index is 13.0. The van der Waals surface area contributed by atoms with Gasteiger partial charge in [-0.25, -0.2) is 4.39 Å². The van der Waals surface area contributed by atoms with Crippen LogP contribution in [0.4, 0.5) is 15.8 Å². The smallest absolute Gasteiger partial charge is 0.141 e. The first kappa shape index (κ1) is 12.8. The molecule has 0 radical (unpaired) electrons. The average molecular weight is 327 g/mol. The number of pyridine rings is 1. The molecule has 0 saturated heterocycles. The van der Waals surface area contributed by atoms with Crippen molar-refractivity contribution in [2.75, 3.05) is 5.32 Å². The second-order valence-electron chi connectivity index (χ2n) is 3.41. The zero-order valence-electron chi connectivity index (χ0n) is 8.92. The number of rotatable bonds is 2. The maximum absolute atomic E-state index is 13.0. The summed E-state index contributed by atoms with van der Waals surface area (Å²) in [6.07, 6.45) is 3.01. The number of halogens is 3. The fraction of sp³-hybridized carbons (Fsp3) is 0. The summed E-state index contributed by atoms with van der Waals surface area (Å²) >= 11 is 8.98. The molecule has 0 aliphatic rings. The molecule has 0 aliphatic carbocycles. The minimum Gasteiger partial charge on any atom is -0.353 e. The van der Waals surface area contributed by atoms with E-state index < -0.39 is 5.82 Å². The van der Waals surface area contributed by atoms with Crippen molar-refractivity contribution >= 4 is 38.9 Å². The van der Waals surface area contributed by atoms with Crippen LogP contribution in [0, 0.1) is 17.1 Å². The fourth-order valence-electron chi connectivity index (χ4n) is 1.37. The van der Waals surface area contributed by atoms with Gasteiger partial charge in [0.25, 0.3) is 0 Å². The molecule has 2 rings (SSSR count). The minimum absolute atomic E-state index is 0.0173. The van der Waals surface area contributed by atoms with Crippen LogP contribution in [-0.4, -0.2) is 4.98 Å². The SMILES string of the molecule is N#Cc1cncc(Br)c1Nc1ccc(F)c(Cl)c1. The Balaban J connectivity index is 2.40. The quantitative estimate of drug-likeness (QED) is 0.897. The summed E-state index contributed by atoms with van der Waals surface area (Å²) in [4.78, 5) is 3.89. The Labute approximate surface area is 116 Å². The van der Waals surface area contributed by atoms with Gasteiger partial charge in [0, 0.05) is 18.1 Å². The van der Waals surface area contributed by atoms with Crippen molar-refractivity contribution < 1.29 is 4.39 Å². The van der Waals surface area contributed by atoms with Crippen LogP contribution < -0.4 is 5.32 Å². The van der Waals surface area contributed by atoms with Gasteiger partial charge in [-0.2, -0.15) is 5.26 Å². The highest BCUT2D eigenvalue weighted by Crippen LogP contribution is 2.29. The largest absolute Gasteiger partial charge is 0.353 e. The molecule has 0 atom stereocenters. The van der Waals surface area contributed by atoms with Gasteiger partial charge in [-0.1, -0.05) is 11.6 Å². The summed E-state index contributed by atoms with van der Waals surface area (Å²) in [5.41, 5.74) is 1.53. The minimum atomic E-state index is -0.489. The fourth-order valence-corrected chi connectivity index (χ4v) is 1.98. The summed E-state index contributed by atoms with van der Waals surface area (Å²) in [5.74, 6) is -0.489. The Morgan fingerprint density at radius 1 is 1.39 bits per heavy atom. The van der Waals surface area contributed by atoms with Gasteiger partial charge in [-0.15, -0.1) is 0 Å². The first-order valence-corrected chi connectivity index (χ1v) is 6.04. The van der Waals surface area contributed by atoms with E-state index >= 15 is 0 Å². The lowest BCUT2D eigenvalue weighted by molar-refractivity contribution is 0.628. The molecule has 1 N–H and O–H groups in total. The van der Waals surface area contributed by atoms with E-state index in [0.717, 1.165) is 0 Å². The zero-order chi connectivity index (χ0) is 13.1. The first-order chi connectivity index (χ1) is 8.61. The second-order valence-corrected chi connectivity index (χ2v) is 4.67. The molecule has 0 bridgehead atoms. The normalized spacial score (nSPS) is 9.89. The lowest BCUT2D eigenvalue weighted by Gasteiger charge is -2.10. The standard InChI is InChI=1S/C12H6BrClFN3/c13-9-6-17-5-7(4-16)12(9)18-8-1-2-11(15)10(14)3-8/h1-3,5-6H,(H,17,18). The Morgan fingerprint density at radius 2 is 2.17 bits per heavy atom. The Hall–Kier alpha value is -1.64. The molecule has 1 heterocycles. The van der Waals surface area contributed by atoms with Gasteiger partial charge in [0.2, 0.25) is 0 Å². The van der Waals surface area contributed by atoms with E-state index in [1.54, 1.807) is 6.20 Å². The van der Waals surface area contributed by atoms with Crippen molar-refractivity contribution in [3.63, 3.8) is 0 Å². The zero-order valence-corrected chi connectivity index (χ0v) is 11.3. The van der Waals surface area contributed by atoms with Crippen molar-refractivity contribution in [3.8, 4) is 6.07 Å². The van der Waals surface area contributed by atoms with Gasteiger partial charge in [-0.3, -0.25) is 4.98 Å². The van der Waals surface area contributed by atoms with E-state index in [0.29, 0.717) is 21.4 Å². The lowest BCUT2D eigenvalue weighted by Crippen LogP contribution is -1.96. The van der Waals surface area contributed by atoms with E-state index in [4.69, 9.17) is 16.9 Å². The summed E-state index contributed by atoms with van der Waals surface area (Å²) in [6, 6.07) is 6.26. The van der Waals surface area contributed by atoms with Crippen molar-refractivity contribution in [2.45, 2.75) is 0 Å². The molecule has 0 spiro atoms. The number of anilines is 2. The van der Waals surface area contributed by atoms with Crippen LogP contribution in [0.2, 0.25) is 5.02 Å². The van der Waals surface area contributed by atoms with Crippen LogP contribution in [0.15, 0.2) is 35.1 Å². The van der Waals surface area contributed by atoms with Gasteiger partial charge >= 0.3 is 0 Å². The van der Waals surface area contributed by atoms with Crippen molar-refractivity contribution in [1.82, 2.24) is 4.98 Å². The Bertz CT molecular complexity index is 640. The number of hydrogen-bond donors (Lipinski definition) is 1. The highest BCUT2D eigenvalue weighted by atomic mass is 79.9. The van der Waals surface area contributed by atoms with Crippen LogP contribution in [0.3, 0.4) is 0 Å². The summed E-state index contributed by atoms with van der Waals surface area (Å²) < 4.78 is 13.7. The van der Waals surface area contributed by atoms with Gasteiger partial charge in [0.15, 0.2) is 0 Å². The number of hydrogen-bond acceptors (Lipinski definition) is 3. The van der Waals surface area contributed by atoms with Crippen LogP contribution >= 0.6 is 27.5 Å². The highest BCUT2D eigenvalue weighted by Gasteiger charge is 2.08. The molecule has 1 aromatic heterocycles. The summed E-state index contributed by atoms with van der Waals surface area (Å²) in [7, 11) is 0. The number of aromatic nitrogens is 1. The maximum Gasteiger partial charge on any atom is 0.141 e. The predicted molar refractivity (Wildman–Crippen MR) is 71.3 cm³/mol. The van der Waals surface area contributed by atoms with E-state index in [9.17, 15) is 4.39 Å². The predicted octanol–water partition coefficient (Wildman–Crippen LogP) is 4.25. The number of nitrogens with one attached hydrogen (secondary N) is 1. The van der Waals surface area contributed by atoms with Crippen molar-refractivity contribution in [2.24, 2.45) is 0 Å². The molecule has 3 nitrogen and oxygen atoms in total. The third-order valence-corrected chi connectivity index (χ3v) is 3.10. The molecule has 0 aliphatic heterocycles. The number of benzene rings is 1. The highest BCUT2D eigenvalue weighted by molar-refractivity contribution is 9.10. The van der Waals surface area contributed by atoms with Crippen LogP contribution in [0.1, 0.15) is 5.56 Å². The van der Waals surface area contributed by atoms with Gasteiger partial charge < -0.3 is 5.32 Å². The number of nitriles is 1. The molecule has 0 saturated carbocycles. The van der Waals surface area contributed by atoms with Crippen LogP contribution in [0.25, 0.3) is 0 Å². The molecule has 18 heavy (non-hydrogen) atoms. The number of nitrogens with zero attached hydrogens (tertiary/aromatic N) is 2. The van der Waals surface area contributed by atoms with Gasteiger partial charge in [0.1, 0.15) is 11.9 Å². The summed E-state index contributed by atoms with van der Waals surface area (Å²) in [5, 5.41) is 12.0. The molecule has 6 heteroatoms. The van der Waals surface area contributed by atoms with Crippen LogP contribution in [0.5, 0.6) is 0 Å². The molecule has 0 amide bonds. The second kappa shape index (κ2) is 5.34. The summed E-state index contributed by atoms with van der Waals surface area (Å²) in [6.45, 7) is 0. The molecule has 90 valence electrons. The van der Waals surface area contributed by atoms with E-state index in [1.165, 1.54) is 24.4 Å². The monoisotopic (exact) mass is 325 g/mol. The molecule has 2 aromatic rings.